The Labute approximate surface area is 122 Å². The van der Waals surface area contributed by atoms with Crippen LogP contribution in [0.25, 0.3) is 10.8 Å². The molecule has 0 saturated carbocycles. The standard InChI is InChI=1S/C12H6F3IO5/c13-12(14,15)21-8-5-6-3-1-2-4-7(6)9(11(17)18)10(8)16(19)20/h1-5H,(H,17,18). The first kappa shape index (κ1) is 15.5. The van der Waals surface area contributed by atoms with Gasteiger partial charge in [0, 0.05) is 0 Å². The van der Waals surface area contributed by atoms with Crippen molar-refractivity contribution in [3.63, 3.8) is 0 Å². The van der Waals surface area contributed by atoms with Gasteiger partial charge in [-0.25, -0.2) is 10.9 Å². The minimum Gasteiger partial charge on any atom is -0.478 e. The predicted molar refractivity (Wildman–Crippen MR) is 71.7 cm³/mol. The van der Waals surface area contributed by atoms with Gasteiger partial charge in [-0.1, -0.05) is 24.3 Å². The number of ether oxygens (including phenoxy) is 1. The number of halogens is 4. The molecule has 0 radical (unpaired) electrons. The van der Waals surface area contributed by atoms with Crippen molar-refractivity contribution in [2.45, 2.75) is 6.36 Å². The number of rotatable bonds is 3. The maximum atomic E-state index is 12.4. The Hall–Kier alpha value is -1.91. The van der Waals surface area contributed by atoms with Crippen molar-refractivity contribution in [2.24, 2.45) is 0 Å². The number of benzene rings is 2. The highest BCUT2D eigenvalue weighted by atomic mass is 127. The Morgan fingerprint density at radius 3 is 2.33 bits per heavy atom. The molecule has 2 aromatic rings. The monoisotopic (exact) mass is 414 g/mol. The second-order valence-electron chi connectivity index (χ2n) is 3.86. The number of aromatic carboxylic acids is 1. The normalized spacial score (nSPS) is 11.8. The molecule has 2 aromatic carbocycles. The molecule has 0 aromatic heterocycles. The number of alkyl halides is 3. The lowest BCUT2D eigenvalue weighted by atomic mass is 10.0. The van der Waals surface area contributed by atoms with Crippen molar-refractivity contribution in [1.29, 1.82) is 0 Å². The zero-order valence-electron chi connectivity index (χ0n) is 9.98. The van der Waals surface area contributed by atoms with E-state index < -0.39 is 47.0 Å². The minimum atomic E-state index is -5.13. The summed E-state index contributed by atoms with van der Waals surface area (Å²) in [7, 11) is 0. The van der Waals surface area contributed by atoms with E-state index in [0.29, 0.717) is 0 Å². The van der Waals surface area contributed by atoms with Gasteiger partial charge >= 0.3 is 32.1 Å². The van der Waals surface area contributed by atoms with Crippen LogP contribution >= 0.6 is 19.8 Å². The number of fused-ring (bicyclic) bond motifs is 1. The third-order valence-electron chi connectivity index (χ3n) is 2.55. The van der Waals surface area contributed by atoms with Crippen molar-refractivity contribution in [1.82, 2.24) is 0 Å². The van der Waals surface area contributed by atoms with E-state index in [2.05, 4.69) is 4.74 Å². The lowest BCUT2D eigenvalue weighted by Crippen LogP contribution is -2.19. The van der Waals surface area contributed by atoms with Crippen LogP contribution in [0.1, 0.15) is 10.4 Å². The van der Waals surface area contributed by atoms with Crippen molar-refractivity contribution in [2.75, 3.05) is 0 Å². The predicted octanol–water partition coefficient (Wildman–Crippen LogP) is 3.80. The summed E-state index contributed by atoms with van der Waals surface area (Å²) in [6.07, 6.45) is -5.13. The van der Waals surface area contributed by atoms with Gasteiger partial charge in [-0.3, -0.25) is 0 Å². The highest BCUT2D eigenvalue weighted by molar-refractivity contribution is 14.2. The second-order valence-corrected chi connectivity index (χ2v) is 6.17. The summed E-state index contributed by atoms with van der Waals surface area (Å²) < 4.78 is 62.4. The lowest BCUT2D eigenvalue weighted by molar-refractivity contribution is -0.274. The summed E-state index contributed by atoms with van der Waals surface area (Å²) in [6, 6.07) is 6.49. The SMILES string of the molecule is O=C(O)c1c(I(=O)=O)c(OC(F)(F)F)cc2ccccc12. The summed E-state index contributed by atoms with van der Waals surface area (Å²) in [5.41, 5.74) is -0.706. The van der Waals surface area contributed by atoms with Gasteiger partial charge in [-0.05, 0) is 16.8 Å². The molecule has 1 N–H and O–H groups in total. The Balaban J connectivity index is 2.91. The van der Waals surface area contributed by atoms with Gasteiger partial charge in [0.05, 0.1) is 5.56 Å². The first-order chi connectivity index (χ1) is 9.70. The smallest absolute Gasteiger partial charge is 0.478 e. The summed E-state index contributed by atoms with van der Waals surface area (Å²) in [6.45, 7) is 0. The number of carbonyl (C=O) groups is 1. The molecule has 0 unspecified atom stereocenters. The van der Waals surface area contributed by atoms with Gasteiger partial charge in [0.15, 0.2) is 0 Å². The maximum Gasteiger partial charge on any atom is 0.573 e. The van der Waals surface area contributed by atoms with Gasteiger partial charge < -0.3 is 9.84 Å². The van der Waals surface area contributed by atoms with Crippen LogP contribution in [0.3, 0.4) is 0 Å². The summed E-state index contributed by atoms with van der Waals surface area (Å²) in [5.74, 6) is -2.66. The summed E-state index contributed by atoms with van der Waals surface area (Å²) in [5, 5.41) is 9.31. The van der Waals surface area contributed by atoms with E-state index in [4.69, 9.17) is 5.11 Å². The van der Waals surface area contributed by atoms with E-state index in [1.165, 1.54) is 24.3 Å². The average Bonchev–Trinajstić information content (AvgIpc) is 2.34. The van der Waals surface area contributed by atoms with E-state index >= 15 is 0 Å². The van der Waals surface area contributed by atoms with Crippen LogP contribution in [0.4, 0.5) is 13.2 Å². The molecule has 0 saturated heterocycles. The van der Waals surface area contributed by atoms with Gasteiger partial charge in [-0.2, -0.15) is 0 Å². The van der Waals surface area contributed by atoms with Crippen molar-refractivity contribution >= 4 is 36.5 Å². The molecule has 0 fully saturated rings. The van der Waals surface area contributed by atoms with Crippen molar-refractivity contribution in [3.05, 3.63) is 39.5 Å². The zero-order chi connectivity index (χ0) is 15.8. The first-order valence-corrected chi connectivity index (χ1v) is 8.15. The molecular formula is C12H6F3IO5. The third-order valence-corrected chi connectivity index (χ3v) is 4.50. The zero-order valence-corrected chi connectivity index (χ0v) is 12.1. The molecular weight excluding hydrogens is 408 g/mol. The molecule has 0 atom stereocenters. The van der Waals surface area contributed by atoms with Crippen LogP contribution in [0, 0.1) is 3.57 Å². The van der Waals surface area contributed by atoms with E-state index in [9.17, 15) is 24.1 Å². The van der Waals surface area contributed by atoms with E-state index in [0.717, 1.165) is 6.07 Å². The quantitative estimate of drug-likeness (QED) is 0.774. The van der Waals surface area contributed by atoms with Crippen LogP contribution < -0.4 is 4.74 Å². The molecule has 0 bridgehead atoms. The molecule has 9 heteroatoms. The molecule has 0 heterocycles. The van der Waals surface area contributed by atoms with Gasteiger partial charge in [-0.15, -0.1) is 13.2 Å². The molecule has 21 heavy (non-hydrogen) atoms. The largest absolute Gasteiger partial charge is 0.573 e. The minimum absolute atomic E-state index is 0.0310. The van der Waals surface area contributed by atoms with Gasteiger partial charge in [0.1, 0.15) is 9.32 Å². The van der Waals surface area contributed by atoms with Crippen molar-refractivity contribution < 1.29 is 33.9 Å². The van der Waals surface area contributed by atoms with Gasteiger partial charge in [0.25, 0.3) is 0 Å². The molecule has 0 amide bonds. The highest BCUT2D eigenvalue weighted by Gasteiger charge is 2.35. The summed E-state index contributed by atoms with van der Waals surface area (Å²) >= 11 is -4.55. The Morgan fingerprint density at radius 2 is 1.81 bits per heavy atom. The lowest BCUT2D eigenvalue weighted by Gasteiger charge is -2.13. The molecule has 0 spiro atoms. The fraction of sp³-hybridized carbons (Fsp3) is 0.0833. The van der Waals surface area contributed by atoms with Crippen molar-refractivity contribution in [3.8, 4) is 5.75 Å². The fourth-order valence-corrected chi connectivity index (χ4v) is 3.52. The van der Waals surface area contributed by atoms with Crippen LogP contribution in [-0.4, -0.2) is 17.4 Å². The molecule has 0 aliphatic carbocycles. The number of hydrogen-bond acceptors (Lipinski definition) is 4. The van der Waals surface area contributed by atoms with Crippen LogP contribution in [0.5, 0.6) is 5.75 Å². The van der Waals surface area contributed by atoms with Gasteiger partial charge in [0.2, 0.25) is 0 Å². The van der Waals surface area contributed by atoms with Crippen LogP contribution in [0.2, 0.25) is 0 Å². The molecule has 5 nitrogen and oxygen atoms in total. The number of carboxylic acid groups (broad SMARTS) is 1. The highest BCUT2D eigenvalue weighted by Crippen LogP contribution is 2.39. The first-order valence-electron chi connectivity index (χ1n) is 5.31. The maximum absolute atomic E-state index is 12.4. The topological polar surface area (TPSA) is 80.7 Å². The fourth-order valence-electron chi connectivity index (χ4n) is 1.86. The van der Waals surface area contributed by atoms with E-state index in [1.807, 2.05) is 0 Å². The van der Waals surface area contributed by atoms with E-state index in [1.54, 1.807) is 0 Å². The van der Waals surface area contributed by atoms with Crippen LogP contribution in [-0.2, 0) is 6.14 Å². The average molecular weight is 414 g/mol. The Bertz CT molecular complexity index is 787. The Morgan fingerprint density at radius 1 is 1.19 bits per heavy atom. The Kier molecular flexibility index (Phi) is 4.03. The summed E-state index contributed by atoms with van der Waals surface area (Å²) in [4.78, 5) is 11.3. The third kappa shape index (κ3) is 3.23. The molecule has 2 rings (SSSR count). The molecule has 112 valence electrons. The number of carboxylic acids is 1. The van der Waals surface area contributed by atoms with E-state index in [-0.39, 0.29) is 10.8 Å². The molecule has 0 aliphatic heterocycles. The van der Waals surface area contributed by atoms with Crippen LogP contribution in [0.15, 0.2) is 30.3 Å². The molecule has 0 aliphatic rings. The number of hydrogen-bond donors (Lipinski definition) is 1. The second kappa shape index (κ2) is 5.47.